The van der Waals surface area contributed by atoms with E-state index in [0.717, 1.165) is 30.6 Å². The first-order valence-corrected chi connectivity index (χ1v) is 7.61. The lowest BCUT2D eigenvalue weighted by Crippen LogP contribution is -2.42. The molecule has 0 aromatic heterocycles. The molecule has 1 aliphatic carbocycles. The molecule has 1 saturated heterocycles. The number of nitrogens with one attached hydrogen (secondary N) is 1. The Hall–Kier alpha value is -0.540. The van der Waals surface area contributed by atoms with Gasteiger partial charge in [0, 0.05) is 12.2 Å². The van der Waals surface area contributed by atoms with Gasteiger partial charge in [0.1, 0.15) is 0 Å². The Morgan fingerprint density at radius 2 is 2.11 bits per heavy atom. The SMILES string of the molecule is C=C(N)C(C1CCCC1)N1CCC(CNCC)C1. The molecular weight excluding hydrogens is 222 g/mol. The molecule has 1 heterocycles. The molecule has 1 aliphatic heterocycles. The van der Waals surface area contributed by atoms with E-state index in [1.165, 1.54) is 45.2 Å². The molecule has 2 atom stereocenters. The standard InChI is InChI=1S/C15H29N3/c1-3-17-10-13-8-9-18(11-13)15(12(2)16)14-6-4-5-7-14/h13-15,17H,2-11,16H2,1H3. The van der Waals surface area contributed by atoms with Crippen LogP contribution in [-0.4, -0.2) is 37.1 Å². The molecule has 0 spiro atoms. The van der Waals surface area contributed by atoms with Gasteiger partial charge in [0.15, 0.2) is 0 Å². The topological polar surface area (TPSA) is 41.3 Å². The van der Waals surface area contributed by atoms with Crippen LogP contribution in [0.25, 0.3) is 0 Å². The molecule has 1 saturated carbocycles. The van der Waals surface area contributed by atoms with Crippen molar-refractivity contribution in [3.05, 3.63) is 12.3 Å². The normalized spacial score (nSPS) is 27.7. The Kier molecular flexibility index (Phi) is 5.07. The van der Waals surface area contributed by atoms with E-state index in [0.29, 0.717) is 6.04 Å². The first kappa shape index (κ1) is 13.9. The monoisotopic (exact) mass is 251 g/mol. The highest BCUT2D eigenvalue weighted by Crippen LogP contribution is 2.34. The summed E-state index contributed by atoms with van der Waals surface area (Å²) < 4.78 is 0. The Morgan fingerprint density at radius 1 is 1.39 bits per heavy atom. The third-order valence-electron chi connectivity index (χ3n) is 4.62. The maximum atomic E-state index is 6.09. The lowest BCUT2D eigenvalue weighted by atomic mass is 9.94. The summed E-state index contributed by atoms with van der Waals surface area (Å²) in [5.74, 6) is 1.56. The number of nitrogens with two attached hydrogens (primary N) is 1. The molecule has 2 unspecified atom stereocenters. The first-order valence-electron chi connectivity index (χ1n) is 7.61. The predicted octanol–water partition coefficient (Wildman–Crippen LogP) is 1.95. The molecule has 3 nitrogen and oxygen atoms in total. The summed E-state index contributed by atoms with van der Waals surface area (Å²) >= 11 is 0. The van der Waals surface area contributed by atoms with E-state index >= 15 is 0 Å². The zero-order valence-corrected chi connectivity index (χ0v) is 11.8. The summed E-state index contributed by atoms with van der Waals surface area (Å²) in [6, 6.07) is 0.444. The summed E-state index contributed by atoms with van der Waals surface area (Å²) in [6.45, 7) is 10.9. The third kappa shape index (κ3) is 3.27. The number of nitrogens with zero attached hydrogens (tertiary/aromatic N) is 1. The van der Waals surface area contributed by atoms with Crippen LogP contribution in [-0.2, 0) is 0 Å². The van der Waals surface area contributed by atoms with Crippen molar-refractivity contribution in [2.75, 3.05) is 26.2 Å². The quantitative estimate of drug-likeness (QED) is 0.758. The maximum Gasteiger partial charge on any atom is 0.0515 e. The van der Waals surface area contributed by atoms with Gasteiger partial charge >= 0.3 is 0 Å². The Bertz CT molecular complexity index is 271. The average Bonchev–Trinajstić information content (AvgIpc) is 2.98. The fourth-order valence-corrected chi connectivity index (χ4v) is 3.74. The minimum atomic E-state index is 0.444. The second-order valence-electron chi connectivity index (χ2n) is 6.02. The predicted molar refractivity (Wildman–Crippen MR) is 77.3 cm³/mol. The molecule has 2 aliphatic rings. The minimum absolute atomic E-state index is 0.444. The first-order chi connectivity index (χ1) is 8.72. The van der Waals surface area contributed by atoms with Crippen LogP contribution in [0.15, 0.2) is 12.3 Å². The highest BCUT2D eigenvalue weighted by molar-refractivity contribution is 5.06. The summed E-state index contributed by atoms with van der Waals surface area (Å²) in [6.07, 6.45) is 6.75. The largest absolute Gasteiger partial charge is 0.401 e. The second kappa shape index (κ2) is 6.58. The van der Waals surface area contributed by atoms with Gasteiger partial charge in [-0.05, 0) is 50.7 Å². The number of rotatable bonds is 6. The molecule has 3 heteroatoms. The van der Waals surface area contributed by atoms with Crippen molar-refractivity contribution in [2.45, 2.75) is 45.1 Å². The summed E-state index contributed by atoms with van der Waals surface area (Å²) in [4.78, 5) is 2.60. The molecule has 0 aromatic carbocycles. The number of hydrogen-bond acceptors (Lipinski definition) is 3. The Morgan fingerprint density at radius 3 is 2.72 bits per heavy atom. The molecule has 18 heavy (non-hydrogen) atoms. The van der Waals surface area contributed by atoms with Gasteiger partial charge in [-0.3, -0.25) is 4.90 Å². The van der Waals surface area contributed by atoms with Gasteiger partial charge < -0.3 is 11.1 Å². The van der Waals surface area contributed by atoms with Gasteiger partial charge in [-0.2, -0.15) is 0 Å². The van der Waals surface area contributed by atoms with Crippen LogP contribution in [0, 0.1) is 11.8 Å². The van der Waals surface area contributed by atoms with Crippen molar-refractivity contribution in [1.29, 1.82) is 0 Å². The molecule has 0 radical (unpaired) electrons. The summed E-state index contributed by atoms with van der Waals surface area (Å²) in [5.41, 5.74) is 6.98. The van der Waals surface area contributed by atoms with Gasteiger partial charge in [-0.15, -0.1) is 0 Å². The van der Waals surface area contributed by atoms with Crippen molar-refractivity contribution >= 4 is 0 Å². The van der Waals surface area contributed by atoms with Crippen molar-refractivity contribution < 1.29 is 0 Å². The van der Waals surface area contributed by atoms with Crippen LogP contribution >= 0.6 is 0 Å². The molecule has 104 valence electrons. The van der Waals surface area contributed by atoms with E-state index in [1.54, 1.807) is 0 Å². The summed E-state index contributed by atoms with van der Waals surface area (Å²) in [7, 11) is 0. The van der Waals surface area contributed by atoms with Gasteiger partial charge in [-0.25, -0.2) is 0 Å². The zero-order chi connectivity index (χ0) is 13.0. The third-order valence-corrected chi connectivity index (χ3v) is 4.62. The molecule has 3 N–H and O–H groups in total. The second-order valence-corrected chi connectivity index (χ2v) is 6.02. The fraction of sp³-hybridized carbons (Fsp3) is 0.867. The van der Waals surface area contributed by atoms with Gasteiger partial charge in [0.25, 0.3) is 0 Å². The summed E-state index contributed by atoms with van der Waals surface area (Å²) in [5, 5.41) is 3.47. The molecule has 0 amide bonds. The van der Waals surface area contributed by atoms with E-state index < -0.39 is 0 Å². The fourth-order valence-electron chi connectivity index (χ4n) is 3.74. The number of likely N-dealkylation sites (tertiary alicyclic amines) is 1. The zero-order valence-electron chi connectivity index (χ0n) is 11.8. The molecule has 0 bridgehead atoms. The smallest absolute Gasteiger partial charge is 0.0515 e. The molecule has 2 rings (SSSR count). The maximum absolute atomic E-state index is 6.09. The molecule has 2 fully saturated rings. The van der Waals surface area contributed by atoms with E-state index in [-0.39, 0.29) is 0 Å². The highest BCUT2D eigenvalue weighted by Gasteiger charge is 2.34. The van der Waals surface area contributed by atoms with Crippen molar-refractivity contribution in [1.82, 2.24) is 10.2 Å². The van der Waals surface area contributed by atoms with E-state index in [1.807, 2.05) is 0 Å². The Labute approximate surface area is 112 Å². The van der Waals surface area contributed by atoms with Crippen LogP contribution < -0.4 is 11.1 Å². The highest BCUT2D eigenvalue weighted by atomic mass is 15.2. The van der Waals surface area contributed by atoms with Crippen molar-refractivity contribution in [2.24, 2.45) is 17.6 Å². The van der Waals surface area contributed by atoms with E-state index in [4.69, 9.17) is 5.73 Å². The van der Waals surface area contributed by atoms with E-state index in [9.17, 15) is 0 Å². The van der Waals surface area contributed by atoms with Crippen molar-refractivity contribution in [3.63, 3.8) is 0 Å². The molecule has 0 aromatic rings. The van der Waals surface area contributed by atoms with Crippen molar-refractivity contribution in [3.8, 4) is 0 Å². The van der Waals surface area contributed by atoms with Gasteiger partial charge in [0.05, 0.1) is 6.04 Å². The minimum Gasteiger partial charge on any atom is -0.401 e. The van der Waals surface area contributed by atoms with E-state index in [2.05, 4.69) is 23.7 Å². The average molecular weight is 251 g/mol. The van der Waals surface area contributed by atoms with Crippen LogP contribution in [0.2, 0.25) is 0 Å². The van der Waals surface area contributed by atoms with Gasteiger partial charge in [-0.1, -0.05) is 26.3 Å². The number of hydrogen-bond donors (Lipinski definition) is 2. The van der Waals surface area contributed by atoms with Crippen LogP contribution in [0.5, 0.6) is 0 Å². The van der Waals surface area contributed by atoms with Crippen LogP contribution in [0.4, 0.5) is 0 Å². The lowest BCUT2D eigenvalue weighted by molar-refractivity contribution is 0.197. The Balaban J connectivity index is 1.89. The molecular formula is C15H29N3. The van der Waals surface area contributed by atoms with Crippen LogP contribution in [0.3, 0.4) is 0 Å². The van der Waals surface area contributed by atoms with Crippen LogP contribution in [0.1, 0.15) is 39.0 Å². The van der Waals surface area contributed by atoms with Gasteiger partial charge in [0.2, 0.25) is 0 Å². The lowest BCUT2D eigenvalue weighted by Gasteiger charge is -2.33.